The van der Waals surface area contributed by atoms with E-state index < -0.39 is 0 Å². The van der Waals surface area contributed by atoms with Crippen molar-refractivity contribution in [3.05, 3.63) is 77.9 Å². The summed E-state index contributed by atoms with van der Waals surface area (Å²) >= 11 is 0. The number of amides is 1. The van der Waals surface area contributed by atoms with Crippen LogP contribution < -0.4 is 4.74 Å². The zero-order chi connectivity index (χ0) is 20.8. The summed E-state index contributed by atoms with van der Waals surface area (Å²) in [5.41, 5.74) is 2.45. The van der Waals surface area contributed by atoms with Gasteiger partial charge in [-0.15, -0.1) is 0 Å². The number of likely N-dealkylation sites (tertiary alicyclic amines) is 1. The Morgan fingerprint density at radius 3 is 2.60 bits per heavy atom. The molecule has 1 aliphatic rings. The number of carbonyl (C=O) groups excluding carboxylic acids is 1. The first kappa shape index (κ1) is 20.1. The van der Waals surface area contributed by atoms with Gasteiger partial charge < -0.3 is 14.2 Å². The maximum atomic E-state index is 12.6. The molecule has 7 heteroatoms. The predicted molar refractivity (Wildman–Crippen MR) is 112 cm³/mol. The fourth-order valence-corrected chi connectivity index (χ4v) is 3.63. The summed E-state index contributed by atoms with van der Waals surface area (Å²) in [7, 11) is 1.75. The lowest BCUT2D eigenvalue weighted by molar-refractivity contribution is 0.0782. The van der Waals surface area contributed by atoms with E-state index in [4.69, 9.17) is 9.26 Å². The van der Waals surface area contributed by atoms with E-state index in [-0.39, 0.29) is 12.0 Å². The van der Waals surface area contributed by atoms with Gasteiger partial charge in [0.2, 0.25) is 0 Å². The molecule has 7 nitrogen and oxygen atoms in total. The predicted octanol–water partition coefficient (Wildman–Crippen LogP) is 3.39. The van der Waals surface area contributed by atoms with Crippen molar-refractivity contribution < 1.29 is 14.1 Å². The summed E-state index contributed by atoms with van der Waals surface area (Å²) in [6.07, 6.45) is 5.50. The highest BCUT2D eigenvalue weighted by Crippen LogP contribution is 2.21. The molecule has 4 rings (SSSR count). The zero-order valence-electron chi connectivity index (χ0n) is 17.1. The van der Waals surface area contributed by atoms with Crippen LogP contribution in [-0.4, -0.2) is 52.1 Å². The molecule has 0 unspecified atom stereocenters. The number of benzene rings is 1. The van der Waals surface area contributed by atoms with E-state index in [0.717, 1.165) is 49.6 Å². The quantitative estimate of drug-likeness (QED) is 0.599. The first-order valence-corrected chi connectivity index (χ1v) is 10.2. The van der Waals surface area contributed by atoms with E-state index in [0.29, 0.717) is 12.1 Å². The summed E-state index contributed by atoms with van der Waals surface area (Å²) < 4.78 is 11.0. The van der Waals surface area contributed by atoms with Gasteiger partial charge >= 0.3 is 0 Å². The minimum absolute atomic E-state index is 0.0626. The molecule has 0 saturated carbocycles. The summed E-state index contributed by atoms with van der Waals surface area (Å²) in [5.74, 6) is 0.737. The van der Waals surface area contributed by atoms with Gasteiger partial charge in [0.25, 0.3) is 5.91 Å². The molecule has 1 fully saturated rings. The summed E-state index contributed by atoms with van der Waals surface area (Å²) in [4.78, 5) is 21.0. The van der Waals surface area contributed by atoms with Gasteiger partial charge in [-0.25, -0.2) is 0 Å². The topological polar surface area (TPSA) is 71.7 Å². The third-order valence-electron chi connectivity index (χ3n) is 5.29. The van der Waals surface area contributed by atoms with Gasteiger partial charge in [-0.1, -0.05) is 11.2 Å². The Kier molecular flexibility index (Phi) is 6.39. The maximum absolute atomic E-state index is 12.6. The molecule has 0 radical (unpaired) electrons. The average Bonchev–Trinajstić information content (AvgIpc) is 3.29. The first-order chi connectivity index (χ1) is 14.7. The number of nitrogens with zero attached hydrogens (tertiary/aromatic N) is 4. The number of hydrogen-bond acceptors (Lipinski definition) is 6. The minimum Gasteiger partial charge on any atom is -0.490 e. The van der Waals surface area contributed by atoms with Crippen LogP contribution in [0.4, 0.5) is 0 Å². The number of pyridine rings is 1. The number of hydrogen-bond donors (Lipinski definition) is 0. The fraction of sp³-hybridized carbons (Fsp3) is 0.348. The van der Waals surface area contributed by atoms with Crippen LogP contribution in [-0.2, 0) is 13.1 Å². The molecule has 3 heterocycles. The molecule has 1 saturated heterocycles. The van der Waals surface area contributed by atoms with Gasteiger partial charge in [-0.2, -0.15) is 0 Å². The molecule has 2 aromatic heterocycles. The molecular weight excluding hydrogens is 380 g/mol. The van der Waals surface area contributed by atoms with E-state index in [2.05, 4.69) is 21.1 Å². The lowest BCUT2D eigenvalue weighted by Crippen LogP contribution is -2.37. The number of ether oxygens (including phenoxy) is 1. The SMILES string of the molecule is CN(Cc1ccon1)C(=O)c1ccc(OC2CCN(Cc3ccccn3)CC2)cc1. The molecular formula is C23H26N4O3. The molecule has 156 valence electrons. The highest BCUT2D eigenvalue weighted by molar-refractivity contribution is 5.94. The molecule has 1 amide bonds. The Morgan fingerprint density at radius 1 is 1.13 bits per heavy atom. The fourth-order valence-electron chi connectivity index (χ4n) is 3.63. The minimum atomic E-state index is -0.0626. The third kappa shape index (κ3) is 5.24. The van der Waals surface area contributed by atoms with Gasteiger partial charge in [0.1, 0.15) is 23.8 Å². The number of rotatable bonds is 7. The van der Waals surface area contributed by atoms with Crippen LogP contribution in [0.2, 0.25) is 0 Å². The molecule has 1 aromatic carbocycles. The van der Waals surface area contributed by atoms with Gasteiger partial charge in [0.05, 0.1) is 12.2 Å². The number of piperidine rings is 1. The van der Waals surface area contributed by atoms with E-state index in [1.807, 2.05) is 42.6 Å². The summed E-state index contributed by atoms with van der Waals surface area (Å²) in [6.45, 7) is 3.27. The van der Waals surface area contributed by atoms with E-state index in [1.165, 1.54) is 6.26 Å². The van der Waals surface area contributed by atoms with Crippen LogP contribution in [0.5, 0.6) is 5.75 Å². The summed E-state index contributed by atoms with van der Waals surface area (Å²) in [5, 5.41) is 3.84. The van der Waals surface area contributed by atoms with Crippen LogP contribution in [0, 0.1) is 0 Å². The second kappa shape index (κ2) is 9.54. The van der Waals surface area contributed by atoms with Crippen molar-refractivity contribution in [3.8, 4) is 5.75 Å². The van der Waals surface area contributed by atoms with Crippen molar-refractivity contribution in [2.75, 3.05) is 20.1 Å². The molecule has 0 spiro atoms. The van der Waals surface area contributed by atoms with Crippen LogP contribution >= 0.6 is 0 Å². The Morgan fingerprint density at radius 2 is 1.93 bits per heavy atom. The second-order valence-electron chi connectivity index (χ2n) is 7.59. The normalized spacial score (nSPS) is 15.1. The molecule has 3 aromatic rings. The third-order valence-corrected chi connectivity index (χ3v) is 5.29. The van der Waals surface area contributed by atoms with Crippen molar-refractivity contribution in [3.63, 3.8) is 0 Å². The number of aromatic nitrogens is 2. The molecule has 30 heavy (non-hydrogen) atoms. The Labute approximate surface area is 176 Å². The standard InChI is InChI=1S/C23H26N4O3/c1-26(16-20-11-15-29-25-20)23(28)18-5-7-21(8-6-18)30-22-9-13-27(14-10-22)17-19-4-2-3-12-24-19/h2-8,11-12,15,22H,9-10,13-14,16-17H2,1H3. The van der Waals surface area contributed by atoms with Gasteiger partial charge in [-0.05, 0) is 49.2 Å². The highest BCUT2D eigenvalue weighted by atomic mass is 16.5. The lowest BCUT2D eigenvalue weighted by atomic mass is 10.1. The second-order valence-corrected chi connectivity index (χ2v) is 7.59. The van der Waals surface area contributed by atoms with Crippen molar-refractivity contribution in [1.82, 2.24) is 19.9 Å². The molecule has 0 atom stereocenters. The van der Waals surface area contributed by atoms with Crippen LogP contribution in [0.1, 0.15) is 34.6 Å². The van der Waals surface area contributed by atoms with Gasteiger partial charge in [0, 0.05) is 44.5 Å². The Hall–Kier alpha value is -3.19. The highest BCUT2D eigenvalue weighted by Gasteiger charge is 2.21. The monoisotopic (exact) mass is 406 g/mol. The summed E-state index contributed by atoms with van der Waals surface area (Å²) in [6, 6.07) is 15.2. The van der Waals surface area contributed by atoms with Gasteiger partial charge in [0.15, 0.2) is 0 Å². The van der Waals surface area contributed by atoms with Crippen molar-refractivity contribution in [2.45, 2.75) is 32.0 Å². The molecule has 0 aliphatic carbocycles. The molecule has 1 aliphatic heterocycles. The smallest absolute Gasteiger partial charge is 0.253 e. The van der Waals surface area contributed by atoms with Crippen molar-refractivity contribution in [1.29, 1.82) is 0 Å². The van der Waals surface area contributed by atoms with E-state index in [1.54, 1.807) is 18.0 Å². The van der Waals surface area contributed by atoms with E-state index >= 15 is 0 Å². The zero-order valence-corrected chi connectivity index (χ0v) is 17.1. The maximum Gasteiger partial charge on any atom is 0.253 e. The average molecular weight is 406 g/mol. The van der Waals surface area contributed by atoms with E-state index in [9.17, 15) is 4.79 Å². The Balaban J connectivity index is 1.25. The largest absolute Gasteiger partial charge is 0.490 e. The van der Waals surface area contributed by atoms with Crippen LogP contribution in [0.15, 0.2) is 65.5 Å². The van der Waals surface area contributed by atoms with Crippen LogP contribution in [0.25, 0.3) is 0 Å². The Bertz CT molecular complexity index is 921. The van der Waals surface area contributed by atoms with Crippen molar-refractivity contribution >= 4 is 5.91 Å². The molecule has 0 N–H and O–H groups in total. The van der Waals surface area contributed by atoms with Crippen LogP contribution in [0.3, 0.4) is 0 Å². The molecule has 0 bridgehead atoms. The number of carbonyl (C=O) groups is 1. The van der Waals surface area contributed by atoms with Crippen molar-refractivity contribution in [2.24, 2.45) is 0 Å². The van der Waals surface area contributed by atoms with Gasteiger partial charge in [-0.3, -0.25) is 14.7 Å². The lowest BCUT2D eigenvalue weighted by Gasteiger charge is -2.31. The first-order valence-electron chi connectivity index (χ1n) is 10.2.